The predicted octanol–water partition coefficient (Wildman–Crippen LogP) is 0.893. The van der Waals surface area contributed by atoms with Crippen LogP contribution in [0.4, 0.5) is 0 Å². The smallest absolute Gasteiger partial charge is 0.233 e. The molecule has 2 N–H and O–H groups in total. The highest BCUT2D eigenvalue weighted by Crippen LogP contribution is 2.09. The molecule has 0 unspecified atom stereocenters. The largest absolute Gasteiger partial charge is 0.354 e. The van der Waals surface area contributed by atoms with Gasteiger partial charge in [-0.15, -0.1) is 0 Å². The Morgan fingerprint density at radius 2 is 1.74 bits per heavy atom. The van der Waals surface area contributed by atoms with E-state index in [1.54, 1.807) is 0 Å². The molecule has 1 fully saturated rings. The summed E-state index contributed by atoms with van der Waals surface area (Å²) < 4.78 is 0. The SMILES string of the molecule is CC(C)(C)NCC(=O)NCCC(=O)N1CCCCC1. The minimum Gasteiger partial charge on any atom is -0.354 e. The van der Waals surface area contributed by atoms with E-state index in [1.807, 2.05) is 25.7 Å². The zero-order valence-electron chi connectivity index (χ0n) is 12.4. The first-order chi connectivity index (χ1) is 8.88. The van der Waals surface area contributed by atoms with Gasteiger partial charge in [-0.05, 0) is 40.0 Å². The Labute approximate surface area is 116 Å². The van der Waals surface area contributed by atoms with Crippen molar-refractivity contribution in [3.63, 3.8) is 0 Å². The minimum atomic E-state index is -0.0685. The lowest BCUT2D eigenvalue weighted by Gasteiger charge is -2.26. The second kappa shape index (κ2) is 7.48. The summed E-state index contributed by atoms with van der Waals surface area (Å²) >= 11 is 0. The number of piperidine rings is 1. The van der Waals surface area contributed by atoms with Crippen LogP contribution in [0.25, 0.3) is 0 Å². The first kappa shape index (κ1) is 16.0. The van der Waals surface area contributed by atoms with Gasteiger partial charge in [0, 0.05) is 31.6 Å². The van der Waals surface area contributed by atoms with Gasteiger partial charge in [-0.25, -0.2) is 0 Å². The quantitative estimate of drug-likeness (QED) is 0.779. The predicted molar refractivity (Wildman–Crippen MR) is 75.8 cm³/mol. The van der Waals surface area contributed by atoms with Gasteiger partial charge < -0.3 is 15.5 Å². The number of hydrogen-bond acceptors (Lipinski definition) is 3. The lowest BCUT2D eigenvalue weighted by Crippen LogP contribution is -2.44. The topological polar surface area (TPSA) is 61.4 Å². The molecular formula is C14H27N3O2. The van der Waals surface area contributed by atoms with Crippen LogP contribution in [0.5, 0.6) is 0 Å². The van der Waals surface area contributed by atoms with Crippen molar-refractivity contribution in [2.75, 3.05) is 26.2 Å². The van der Waals surface area contributed by atoms with Gasteiger partial charge in [0.1, 0.15) is 0 Å². The standard InChI is InChI=1S/C14H27N3O2/c1-14(2,3)16-11-12(18)15-8-7-13(19)17-9-5-4-6-10-17/h16H,4-11H2,1-3H3,(H,15,18). The van der Waals surface area contributed by atoms with Crippen molar-refractivity contribution in [1.29, 1.82) is 0 Å². The second-order valence-corrected chi connectivity index (χ2v) is 6.14. The zero-order chi connectivity index (χ0) is 14.3. The third kappa shape index (κ3) is 7.15. The molecule has 0 aliphatic carbocycles. The zero-order valence-corrected chi connectivity index (χ0v) is 12.4. The van der Waals surface area contributed by atoms with Crippen molar-refractivity contribution >= 4 is 11.8 Å². The lowest BCUT2D eigenvalue weighted by molar-refractivity contribution is -0.132. The maximum absolute atomic E-state index is 11.9. The van der Waals surface area contributed by atoms with E-state index in [4.69, 9.17) is 0 Å². The van der Waals surface area contributed by atoms with Crippen molar-refractivity contribution in [2.24, 2.45) is 0 Å². The van der Waals surface area contributed by atoms with Gasteiger partial charge in [0.15, 0.2) is 0 Å². The Morgan fingerprint density at radius 1 is 1.11 bits per heavy atom. The van der Waals surface area contributed by atoms with Crippen LogP contribution in [0.3, 0.4) is 0 Å². The summed E-state index contributed by atoms with van der Waals surface area (Å²) in [6, 6.07) is 0. The van der Waals surface area contributed by atoms with E-state index >= 15 is 0 Å². The number of hydrogen-bond donors (Lipinski definition) is 2. The fourth-order valence-electron chi connectivity index (χ4n) is 2.02. The van der Waals surface area contributed by atoms with Crippen molar-refractivity contribution in [3.05, 3.63) is 0 Å². The van der Waals surface area contributed by atoms with Crippen molar-refractivity contribution in [1.82, 2.24) is 15.5 Å². The summed E-state index contributed by atoms with van der Waals surface area (Å²) in [4.78, 5) is 25.3. The van der Waals surface area contributed by atoms with Gasteiger partial charge in [0.25, 0.3) is 0 Å². The molecule has 1 aliphatic rings. The van der Waals surface area contributed by atoms with Crippen LogP contribution in [0.15, 0.2) is 0 Å². The minimum absolute atomic E-state index is 0.0543. The molecular weight excluding hydrogens is 242 g/mol. The summed E-state index contributed by atoms with van der Waals surface area (Å²) in [7, 11) is 0. The fourth-order valence-corrected chi connectivity index (χ4v) is 2.02. The number of nitrogens with one attached hydrogen (secondary N) is 2. The molecule has 5 heteroatoms. The van der Waals surface area contributed by atoms with Crippen LogP contribution >= 0.6 is 0 Å². The molecule has 0 saturated carbocycles. The Hall–Kier alpha value is -1.10. The van der Waals surface area contributed by atoms with Gasteiger partial charge in [-0.1, -0.05) is 0 Å². The summed E-state index contributed by atoms with van der Waals surface area (Å²) in [5.41, 5.74) is -0.0685. The van der Waals surface area contributed by atoms with E-state index in [2.05, 4.69) is 10.6 Å². The van der Waals surface area contributed by atoms with Gasteiger partial charge in [-0.2, -0.15) is 0 Å². The van der Waals surface area contributed by atoms with Crippen LogP contribution in [0, 0.1) is 0 Å². The van der Waals surface area contributed by atoms with Gasteiger partial charge in [0.05, 0.1) is 6.54 Å². The summed E-state index contributed by atoms with van der Waals surface area (Å²) in [5, 5.41) is 5.89. The molecule has 2 amide bonds. The molecule has 0 atom stereocenters. The number of nitrogens with zero attached hydrogens (tertiary/aromatic N) is 1. The molecule has 1 rings (SSSR count). The first-order valence-corrected chi connectivity index (χ1v) is 7.18. The van der Waals surface area contributed by atoms with Crippen molar-refractivity contribution in [3.8, 4) is 0 Å². The highest BCUT2D eigenvalue weighted by Gasteiger charge is 2.16. The molecule has 0 bridgehead atoms. The molecule has 19 heavy (non-hydrogen) atoms. The van der Waals surface area contributed by atoms with E-state index in [1.165, 1.54) is 6.42 Å². The normalized spacial score (nSPS) is 16.3. The average Bonchev–Trinajstić information content (AvgIpc) is 2.36. The number of carbonyl (C=O) groups is 2. The number of likely N-dealkylation sites (tertiary alicyclic amines) is 1. The lowest BCUT2D eigenvalue weighted by atomic mass is 10.1. The summed E-state index contributed by atoms with van der Waals surface area (Å²) in [5.74, 6) is 0.102. The third-order valence-electron chi connectivity index (χ3n) is 3.15. The first-order valence-electron chi connectivity index (χ1n) is 7.18. The Bertz CT molecular complexity index is 304. The van der Waals surface area contributed by atoms with E-state index in [0.29, 0.717) is 19.5 Å². The van der Waals surface area contributed by atoms with Crippen LogP contribution < -0.4 is 10.6 Å². The Morgan fingerprint density at radius 3 is 2.32 bits per heavy atom. The number of rotatable bonds is 5. The van der Waals surface area contributed by atoms with E-state index in [0.717, 1.165) is 25.9 Å². The highest BCUT2D eigenvalue weighted by atomic mass is 16.2. The molecule has 0 aromatic rings. The Kier molecular flexibility index (Phi) is 6.28. The second-order valence-electron chi connectivity index (χ2n) is 6.14. The molecule has 0 spiro atoms. The Balaban J connectivity index is 2.12. The highest BCUT2D eigenvalue weighted by molar-refractivity contribution is 5.80. The van der Waals surface area contributed by atoms with Crippen molar-refractivity contribution < 1.29 is 9.59 Å². The molecule has 1 saturated heterocycles. The monoisotopic (exact) mass is 269 g/mol. The maximum atomic E-state index is 11.9. The number of carbonyl (C=O) groups excluding carboxylic acids is 2. The van der Waals surface area contributed by atoms with E-state index in [9.17, 15) is 9.59 Å². The maximum Gasteiger partial charge on any atom is 0.233 e. The molecule has 1 aliphatic heterocycles. The van der Waals surface area contributed by atoms with Gasteiger partial charge >= 0.3 is 0 Å². The molecule has 0 aromatic heterocycles. The van der Waals surface area contributed by atoms with Crippen molar-refractivity contribution in [2.45, 2.75) is 52.0 Å². The van der Waals surface area contributed by atoms with Crippen LogP contribution in [0.2, 0.25) is 0 Å². The van der Waals surface area contributed by atoms with Gasteiger partial charge in [-0.3, -0.25) is 9.59 Å². The fraction of sp³-hybridized carbons (Fsp3) is 0.857. The molecule has 0 aromatic carbocycles. The van der Waals surface area contributed by atoms with E-state index in [-0.39, 0.29) is 17.4 Å². The third-order valence-corrected chi connectivity index (χ3v) is 3.15. The summed E-state index contributed by atoms with van der Waals surface area (Å²) in [6.45, 7) is 8.51. The van der Waals surface area contributed by atoms with Crippen LogP contribution in [-0.2, 0) is 9.59 Å². The molecule has 0 radical (unpaired) electrons. The molecule has 1 heterocycles. The van der Waals surface area contributed by atoms with E-state index < -0.39 is 0 Å². The van der Waals surface area contributed by atoms with Gasteiger partial charge in [0.2, 0.25) is 11.8 Å². The number of amides is 2. The molecule has 5 nitrogen and oxygen atoms in total. The van der Waals surface area contributed by atoms with Crippen LogP contribution in [0.1, 0.15) is 46.5 Å². The molecule has 110 valence electrons. The average molecular weight is 269 g/mol. The summed E-state index contributed by atoms with van der Waals surface area (Å²) in [6.07, 6.45) is 3.83. The van der Waals surface area contributed by atoms with Crippen LogP contribution in [-0.4, -0.2) is 48.4 Å².